The minimum atomic E-state index is 0.495. The summed E-state index contributed by atoms with van der Waals surface area (Å²) < 4.78 is 0. The fourth-order valence-electron chi connectivity index (χ4n) is 1.19. The first-order valence-corrected chi connectivity index (χ1v) is 4.96. The van der Waals surface area contributed by atoms with Crippen molar-refractivity contribution in [2.45, 2.75) is 0 Å². The van der Waals surface area contributed by atoms with Crippen LogP contribution in [0.3, 0.4) is 0 Å². The number of nitrogens with one attached hydrogen (secondary N) is 1. The normalized spacial score (nSPS) is 10.5. The maximum atomic E-state index is 6.00. The minimum Gasteiger partial charge on any atom is -0.285 e. The second-order valence-corrected chi connectivity index (χ2v) is 3.95. The number of aromatic amines is 1. The zero-order chi connectivity index (χ0) is 10.1. The van der Waals surface area contributed by atoms with Gasteiger partial charge in [0.15, 0.2) is 0 Å². The van der Waals surface area contributed by atoms with Crippen molar-refractivity contribution >= 4 is 34.8 Å². The zero-order valence-corrected chi connectivity index (χ0v) is 9.16. The van der Waals surface area contributed by atoms with Crippen LogP contribution in [0.1, 0.15) is 0 Å². The molecule has 0 radical (unpaired) electrons. The van der Waals surface area contributed by atoms with E-state index in [2.05, 4.69) is 10.2 Å². The number of hydrogen-bond acceptors (Lipinski definition) is 1. The molecule has 0 bridgehead atoms. The number of rotatable bonds is 1. The predicted molar refractivity (Wildman–Crippen MR) is 59.1 cm³/mol. The van der Waals surface area contributed by atoms with Crippen molar-refractivity contribution in [1.29, 1.82) is 0 Å². The van der Waals surface area contributed by atoms with Crippen LogP contribution >= 0.6 is 34.8 Å². The summed E-state index contributed by atoms with van der Waals surface area (Å²) in [5.41, 5.74) is 1.40. The smallest absolute Gasteiger partial charge is 0.0950 e. The highest BCUT2D eigenvalue weighted by Gasteiger charge is 2.11. The molecule has 0 unspecified atom stereocenters. The van der Waals surface area contributed by atoms with Gasteiger partial charge in [-0.2, -0.15) is 5.10 Å². The molecular weight excluding hydrogens is 242 g/mol. The van der Waals surface area contributed by atoms with Crippen molar-refractivity contribution in [1.82, 2.24) is 10.2 Å². The number of halogens is 3. The average Bonchev–Trinajstić information content (AvgIpc) is 2.54. The Morgan fingerprint density at radius 1 is 1.07 bits per heavy atom. The van der Waals surface area contributed by atoms with Crippen LogP contribution in [0.4, 0.5) is 0 Å². The fourth-order valence-corrected chi connectivity index (χ4v) is 2.20. The third kappa shape index (κ3) is 1.73. The van der Waals surface area contributed by atoms with Gasteiger partial charge in [0.05, 0.1) is 15.7 Å². The Balaban J connectivity index is 2.64. The fraction of sp³-hybridized carbons (Fsp3) is 0. The molecule has 14 heavy (non-hydrogen) atoms. The van der Waals surface area contributed by atoms with Gasteiger partial charge in [-0.1, -0.05) is 34.8 Å². The van der Waals surface area contributed by atoms with E-state index in [9.17, 15) is 0 Å². The second-order valence-electron chi connectivity index (χ2n) is 2.70. The first kappa shape index (κ1) is 9.84. The monoisotopic (exact) mass is 246 g/mol. The molecule has 1 N–H and O–H groups in total. The van der Waals surface area contributed by atoms with E-state index in [1.807, 2.05) is 0 Å². The van der Waals surface area contributed by atoms with Gasteiger partial charge in [-0.25, -0.2) is 0 Å². The number of benzene rings is 1. The Morgan fingerprint density at radius 3 is 2.21 bits per heavy atom. The molecule has 1 aromatic heterocycles. The first-order chi connectivity index (χ1) is 6.68. The summed E-state index contributed by atoms with van der Waals surface area (Å²) in [6, 6.07) is 5.07. The van der Waals surface area contributed by atoms with Gasteiger partial charge in [-0.15, -0.1) is 0 Å². The van der Waals surface area contributed by atoms with Gasteiger partial charge in [0.2, 0.25) is 0 Å². The number of nitrogens with zero attached hydrogens (tertiary/aromatic N) is 1. The van der Waals surface area contributed by atoms with Gasteiger partial charge in [-0.05, 0) is 18.2 Å². The lowest BCUT2D eigenvalue weighted by Gasteiger charge is -2.03. The highest BCUT2D eigenvalue weighted by atomic mass is 35.5. The van der Waals surface area contributed by atoms with Gasteiger partial charge in [0, 0.05) is 16.8 Å². The summed E-state index contributed by atoms with van der Waals surface area (Å²) >= 11 is 17.8. The molecule has 0 amide bonds. The third-order valence-electron chi connectivity index (χ3n) is 1.76. The first-order valence-electron chi connectivity index (χ1n) is 3.83. The van der Waals surface area contributed by atoms with E-state index in [-0.39, 0.29) is 0 Å². The molecule has 5 heteroatoms. The molecule has 72 valence electrons. The van der Waals surface area contributed by atoms with Crippen LogP contribution in [0, 0.1) is 0 Å². The predicted octanol–water partition coefficient (Wildman–Crippen LogP) is 4.04. The Hall–Kier alpha value is -0.700. The van der Waals surface area contributed by atoms with E-state index in [1.165, 1.54) is 0 Å². The molecule has 2 nitrogen and oxygen atoms in total. The Kier molecular flexibility index (Phi) is 2.68. The molecule has 0 atom stereocenters. The minimum absolute atomic E-state index is 0.495. The molecule has 2 aromatic rings. The molecule has 0 fully saturated rings. The van der Waals surface area contributed by atoms with E-state index >= 15 is 0 Å². The van der Waals surface area contributed by atoms with E-state index in [4.69, 9.17) is 34.8 Å². The molecule has 0 aliphatic carbocycles. The van der Waals surface area contributed by atoms with Gasteiger partial charge in [0.25, 0.3) is 0 Å². The van der Waals surface area contributed by atoms with Crippen LogP contribution in [-0.4, -0.2) is 10.2 Å². The van der Waals surface area contributed by atoms with Crippen molar-refractivity contribution in [3.8, 4) is 11.3 Å². The van der Waals surface area contributed by atoms with Crippen LogP contribution in [0.15, 0.2) is 24.4 Å². The Labute approximate surface area is 95.8 Å². The maximum absolute atomic E-state index is 6.00. The third-order valence-corrected chi connectivity index (χ3v) is 2.58. The van der Waals surface area contributed by atoms with Crippen LogP contribution in [0.25, 0.3) is 11.3 Å². The number of hydrogen-bond donors (Lipinski definition) is 1. The van der Waals surface area contributed by atoms with Gasteiger partial charge in [-0.3, -0.25) is 5.10 Å². The quantitative estimate of drug-likeness (QED) is 0.809. The number of aromatic nitrogens is 2. The van der Waals surface area contributed by atoms with Gasteiger partial charge in [0.1, 0.15) is 0 Å². The van der Waals surface area contributed by atoms with Crippen molar-refractivity contribution in [2.75, 3.05) is 0 Å². The lowest BCUT2D eigenvalue weighted by molar-refractivity contribution is 1.10. The van der Waals surface area contributed by atoms with E-state index in [1.54, 1.807) is 24.4 Å². The van der Waals surface area contributed by atoms with Crippen molar-refractivity contribution in [2.24, 2.45) is 0 Å². The van der Waals surface area contributed by atoms with Crippen molar-refractivity contribution in [3.05, 3.63) is 39.5 Å². The molecule has 1 heterocycles. The lowest BCUT2D eigenvalue weighted by atomic mass is 10.1. The summed E-state index contributed by atoms with van der Waals surface area (Å²) in [6.07, 6.45) is 1.70. The summed E-state index contributed by atoms with van der Waals surface area (Å²) in [6.45, 7) is 0. The molecular formula is C9H5Cl3N2. The summed E-state index contributed by atoms with van der Waals surface area (Å²) in [5, 5.41) is 8.20. The molecule has 0 aliphatic heterocycles. The maximum Gasteiger partial charge on any atom is 0.0950 e. The van der Waals surface area contributed by atoms with Crippen molar-refractivity contribution in [3.63, 3.8) is 0 Å². The summed E-state index contributed by atoms with van der Waals surface area (Å²) in [4.78, 5) is 0. The van der Waals surface area contributed by atoms with Gasteiger partial charge >= 0.3 is 0 Å². The molecule has 1 aromatic carbocycles. The largest absolute Gasteiger partial charge is 0.285 e. The zero-order valence-electron chi connectivity index (χ0n) is 6.89. The molecule has 0 spiro atoms. The number of H-pyrrole nitrogens is 1. The second kappa shape index (κ2) is 3.81. The van der Waals surface area contributed by atoms with Crippen LogP contribution in [0.2, 0.25) is 15.1 Å². The highest BCUT2D eigenvalue weighted by molar-refractivity contribution is 6.41. The van der Waals surface area contributed by atoms with E-state index < -0.39 is 0 Å². The standard InChI is InChI=1S/C9H5Cl3N2/c10-5-3-6(11)9(7(12)4-5)8-1-2-13-14-8/h1-4H,(H,13,14). The molecule has 2 rings (SSSR count). The average molecular weight is 248 g/mol. The SMILES string of the molecule is Clc1cc(Cl)c(-c2cc[nH]n2)c(Cl)c1. The molecule has 0 saturated carbocycles. The lowest BCUT2D eigenvalue weighted by Crippen LogP contribution is -1.82. The highest BCUT2D eigenvalue weighted by Crippen LogP contribution is 2.35. The van der Waals surface area contributed by atoms with E-state index in [0.29, 0.717) is 26.3 Å². The van der Waals surface area contributed by atoms with Crippen LogP contribution in [0.5, 0.6) is 0 Å². The van der Waals surface area contributed by atoms with Crippen LogP contribution < -0.4 is 0 Å². The van der Waals surface area contributed by atoms with Crippen LogP contribution in [-0.2, 0) is 0 Å². The van der Waals surface area contributed by atoms with Crippen molar-refractivity contribution < 1.29 is 0 Å². The Morgan fingerprint density at radius 2 is 1.71 bits per heavy atom. The Bertz CT molecular complexity index is 428. The summed E-state index contributed by atoms with van der Waals surface area (Å²) in [5.74, 6) is 0. The topological polar surface area (TPSA) is 28.7 Å². The molecule has 0 saturated heterocycles. The molecule has 0 aliphatic rings. The summed E-state index contributed by atoms with van der Waals surface area (Å²) in [7, 11) is 0. The van der Waals surface area contributed by atoms with Gasteiger partial charge < -0.3 is 0 Å². The van der Waals surface area contributed by atoms with E-state index in [0.717, 1.165) is 0 Å².